The third kappa shape index (κ3) is 57.5. The van der Waals surface area contributed by atoms with Crippen molar-refractivity contribution in [3.05, 3.63) is 280 Å². The Morgan fingerprint density at radius 1 is 0.259 bits per heavy atom. The smallest absolute Gasteiger partial charge is 0.122 e. The van der Waals surface area contributed by atoms with Gasteiger partial charge in [0, 0.05) is 29.4 Å². The minimum absolute atomic E-state index is 0.802. The largest absolute Gasteiger partial charge is 0.493 e. The van der Waals surface area contributed by atoms with Gasteiger partial charge in [0.15, 0.2) is 0 Å². The quantitative estimate of drug-likeness (QED) is 0.158. The predicted molar refractivity (Wildman–Crippen MR) is 526 cm³/mol. The first-order valence-corrected chi connectivity index (χ1v) is 47.7. The summed E-state index contributed by atoms with van der Waals surface area (Å²) in [5.41, 5.74) is 17.7. The number of anilines is 1. The molecule has 0 atom stereocenters. The Morgan fingerprint density at radius 3 is 1.06 bits per heavy atom. The molecule has 0 bridgehead atoms. The second-order valence-corrected chi connectivity index (χ2v) is 23.2. The molecule has 112 heavy (non-hydrogen) atoms. The first kappa shape index (κ1) is 121. The van der Waals surface area contributed by atoms with Crippen LogP contribution >= 0.6 is 23.5 Å². The molecule has 636 valence electrons. The summed E-state index contributed by atoms with van der Waals surface area (Å²) >= 11 is 4.03. The van der Waals surface area contributed by atoms with E-state index in [2.05, 4.69) is 217 Å². The summed E-state index contributed by atoms with van der Waals surface area (Å²) in [5, 5.41) is 9.32. The molecule has 6 heterocycles. The Balaban J connectivity index is -0.000000175. The predicted octanol–water partition coefficient (Wildman–Crippen LogP) is 34.2. The van der Waals surface area contributed by atoms with Crippen LogP contribution in [0.1, 0.15) is 315 Å². The highest BCUT2D eigenvalue weighted by Crippen LogP contribution is 2.30. The average Bonchev–Trinajstić information content (AvgIpc) is 0.951. The minimum Gasteiger partial charge on any atom is -0.493 e. The second kappa shape index (κ2) is 101. The standard InChI is InChI=1S/C10H12.C10H8.2C9H11N.2C9H10O.2C9H10S.16C2H6/c2*1-2-6-10-8-4-3-7-9(10)5-1;1-2-6-9-8(4-1)5-3-7-10-9;1-2-4-9-7-10-6-5-8(9)3-1;1-2-6-9-8(4-1)5-3-7-10-9;1-2-4-9-7-10-6-5-8(9)3-1;1-2-6-9-8(4-1)5-3-7-10-9;1-2-4-9-7-10-6-5-8(9)3-1;16*1-2/h1-2,5-6H,3-4,7-8H2;1-8H;1-2,4,6,10H,3,5,7H2;1-4,10H,5-7H2;1-2,4,6H,3,5,7H2;1-4H,5-7H2;1-2,4,6H,3,5,7H2;1-4H,5-7H2;16*1-2H3. The van der Waals surface area contributed by atoms with E-state index in [0.29, 0.717) is 0 Å². The molecule has 4 nitrogen and oxygen atoms in total. The van der Waals surface area contributed by atoms with Gasteiger partial charge in [-0.1, -0.05) is 422 Å². The molecule has 9 aromatic rings. The summed E-state index contributed by atoms with van der Waals surface area (Å²) < 4.78 is 10.7. The maximum Gasteiger partial charge on any atom is 0.122 e. The van der Waals surface area contributed by atoms with Gasteiger partial charge >= 0.3 is 0 Å². The molecule has 0 amide bonds. The summed E-state index contributed by atoms with van der Waals surface area (Å²) in [4.78, 5) is 1.49. The van der Waals surface area contributed by atoms with Gasteiger partial charge in [-0.15, -0.1) is 11.8 Å². The van der Waals surface area contributed by atoms with E-state index in [1.54, 1.807) is 27.8 Å². The van der Waals surface area contributed by atoms with Gasteiger partial charge in [-0.3, -0.25) is 0 Å². The van der Waals surface area contributed by atoms with Gasteiger partial charge in [-0.2, -0.15) is 11.8 Å². The molecule has 16 rings (SSSR count). The van der Waals surface area contributed by atoms with Crippen LogP contribution in [-0.4, -0.2) is 37.8 Å². The number of rotatable bonds is 0. The summed E-state index contributed by atoms with van der Waals surface area (Å²) in [6, 6.07) is 76.8. The number of hydrogen-bond acceptors (Lipinski definition) is 6. The zero-order valence-electron chi connectivity index (χ0n) is 79.0. The average molecular weight is 1580 g/mol. The van der Waals surface area contributed by atoms with Crippen LogP contribution in [0.25, 0.3) is 10.8 Å². The molecule has 0 radical (unpaired) electrons. The van der Waals surface area contributed by atoms with Crippen molar-refractivity contribution in [2.45, 2.75) is 329 Å². The Hall–Kier alpha value is -6.54. The van der Waals surface area contributed by atoms with Crippen molar-refractivity contribution in [3.8, 4) is 5.75 Å². The lowest BCUT2D eigenvalue weighted by molar-refractivity contribution is 0.111. The molecule has 0 unspecified atom stereocenters. The van der Waals surface area contributed by atoms with Crippen LogP contribution in [0.15, 0.2) is 223 Å². The highest BCUT2D eigenvalue weighted by atomic mass is 32.2. The van der Waals surface area contributed by atoms with Crippen molar-refractivity contribution in [2.24, 2.45) is 0 Å². The second-order valence-electron chi connectivity index (χ2n) is 21.0. The van der Waals surface area contributed by atoms with Gasteiger partial charge in [0.05, 0.1) is 19.8 Å². The molecular formula is C106H178N2O2S2. The number of fused-ring (bicyclic) bond motifs is 8. The fourth-order valence-electron chi connectivity index (χ4n) is 10.8. The molecule has 9 aromatic carbocycles. The van der Waals surface area contributed by atoms with Crippen LogP contribution in [-0.2, 0) is 75.0 Å². The minimum atomic E-state index is 0.802. The monoisotopic (exact) mass is 1580 g/mol. The SMILES string of the molecule is CC.CC.CC.CC.CC.CC.CC.CC.CC.CC.CC.CC.CC.CC.CC.CC.c1ccc2c(c1)CCCC2.c1ccc2c(c1)CCCN2.c1ccc2c(c1)CCCO2.c1ccc2c(c1)CCCS2.c1ccc2c(c1)CCNC2.c1ccc2c(c1)CCOC2.c1ccc2c(c1)CCSC2.c1ccc2ccccc2c1. The van der Waals surface area contributed by atoms with Crippen LogP contribution in [0.2, 0.25) is 0 Å². The van der Waals surface area contributed by atoms with Crippen LogP contribution in [0.3, 0.4) is 0 Å². The Labute approximate surface area is 707 Å². The number of para-hydroxylation sites is 2. The van der Waals surface area contributed by atoms with Gasteiger partial charge in [0.1, 0.15) is 5.75 Å². The highest BCUT2D eigenvalue weighted by Gasteiger charge is 2.11. The molecule has 2 N–H and O–H groups in total. The topological polar surface area (TPSA) is 42.5 Å². The van der Waals surface area contributed by atoms with Crippen LogP contribution < -0.4 is 15.4 Å². The maximum absolute atomic E-state index is 5.42. The Kier molecular flexibility index (Phi) is 109. The Morgan fingerprint density at radius 2 is 0.616 bits per heavy atom. The zero-order chi connectivity index (χ0) is 86.5. The molecule has 6 aliphatic heterocycles. The van der Waals surface area contributed by atoms with E-state index < -0.39 is 0 Å². The molecule has 0 saturated carbocycles. The van der Waals surface area contributed by atoms with Crippen molar-refractivity contribution in [2.75, 3.05) is 43.1 Å². The highest BCUT2D eigenvalue weighted by molar-refractivity contribution is 7.99. The molecule has 6 heteroatoms. The van der Waals surface area contributed by atoms with Crippen LogP contribution in [0, 0.1) is 0 Å². The molecule has 1 aliphatic carbocycles. The molecule has 0 saturated heterocycles. The van der Waals surface area contributed by atoms with E-state index in [0.717, 1.165) is 58.0 Å². The van der Waals surface area contributed by atoms with E-state index >= 15 is 0 Å². The molecule has 7 aliphatic rings. The first-order valence-electron chi connectivity index (χ1n) is 45.5. The number of ether oxygens (including phenoxy) is 2. The molecule has 0 fully saturated rings. The number of hydrogen-bond donors (Lipinski definition) is 2. The first-order chi connectivity index (χ1) is 55.7. The zero-order valence-corrected chi connectivity index (χ0v) is 80.6. The van der Waals surface area contributed by atoms with Gasteiger partial charge < -0.3 is 20.1 Å². The van der Waals surface area contributed by atoms with Crippen molar-refractivity contribution in [3.63, 3.8) is 0 Å². The maximum atomic E-state index is 5.42. The lowest BCUT2D eigenvalue weighted by Gasteiger charge is -2.16. The van der Waals surface area contributed by atoms with Gasteiger partial charge in [-0.05, 0) is 192 Å². The van der Waals surface area contributed by atoms with Gasteiger partial charge in [0.25, 0.3) is 0 Å². The van der Waals surface area contributed by atoms with E-state index in [9.17, 15) is 0 Å². The van der Waals surface area contributed by atoms with Gasteiger partial charge in [-0.25, -0.2) is 0 Å². The lowest BCUT2D eigenvalue weighted by Crippen LogP contribution is -2.23. The van der Waals surface area contributed by atoms with Crippen LogP contribution in [0.5, 0.6) is 5.75 Å². The summed E-state index contributed by atoms with van der Waals surface area (Å²) in [7, 11) is 0. The normalized spacial score (nSPS) is 11.9. The number of benzene rings is 9. The molecular weight excluding hydrogens is 1400 g/mol. The van der Waals surface area contributed by atoms with Crippen molar-refractivity contribution < 1.29 is 9.47 Å². The van der Waals surface area contributed by atoms with Gasteiger partial charge in [0.2, 0.25) is 0 Å². The fraction of sp³-hybridized carbons (Fsp3) is 0.509. The third-order valence-corrected chi connectivity index (χ3v) is 17.5. The lowest BCUT2D eigenvalue weighted by atomic mass is 9.92. The summed E-state index contributed by atoms with van der Waals surface area (Å²) in [6.45, 7) is 69.9. The van der Waals surface area contributed by atoms with E-state index in [1.165, 1.54) is 143 Å². The summed E-state index contributed by atoms with van der Waals surface area (Å²) in [6.07, 6.45) is 16.4. The molecule has 0 aromatic heterocycles. The van der Waals surface area contributed by atoms with E-state index in [-0.39, 0.29) is 0 Å². The van der Waals surface area contributed by atoms with Crippen LogP contribution in [0.4, 0.5) is 5.69 Å². The summed E-state index contributed by atoms with van der Waals surface area (Å²) in [5.74, 6) is 4.90. The fourth-order valence-corrected chi connectivity index (χ4v) is 12.9. The van der Waals surface area contributed by atoms with E-state index in [1.807, 2.05) is 257 Å². The number of thioether (sulfide) groups is 2. The third-order valence-electron chi connectivity index (χ3n) is 15.3. The van der Waals surface area contributed by atoms with Crippen molar-refractivity contribution in [1.29, 1.82) is 0 Å². The van der Waals surface area contributed by atoms with Crippen molar-refractivity contribution in [1.82, 2.24) is 5.32 Å². The number of aryl methyl sites for hydroxylation is 6. The van der Waals surface area contributed by atoms with E-state index in [4.69, 9.17) is 9.47 Å². The van der Waals surface area contributed by atoms with Crippen molar-refractivity contribution >= 4 is 40.0 Å². The Bertz CT molecular complexity index is 2500. The number of nitrogens with one attached hydrogen (secondary N) is 2. The molecule has 0 spiro atoms.